The Kier molecular flexibility index (Phi) is 5.88. The summed E-state index contributed by atoms with van der Waals surface area (Å²) in [6, 6.07) is 1.51. The lowest BCUT2D eigenvalue weighted by atomic mass is 9.73. The highest BCUT2D eigenvalue weighted by Gasteiger charge is 2.34. The van der Waals surface area contributed by atoms with E-state index in [1.54, 1.807) is 0 Å². The van der Waals surface area contributed by atoms with E-state index in [0.29, 0.717) is 0 Å². The highest BCUT2D eigenvalue weighted by molar-refractivity contribution is 4.89. The molecule has 118 valence electrons. The average molecular weight is 281 g/mol. The molecule has 0 aromatic rings. The Morgan fingerprint density at radius 2 is 1.95 bits per heavy atom. The zero-order chi connectivity index (χ0) is 14.7. The minimum absolute atomic E-state index is 0.739. The molecule has 3 nitrogen and oxygen atoms in total. The van der Waals surface area contributed by atoms with Gasteiger partial charge >= 0.3 is 0 Å². The Labute approximate surface area is 126 Å². The molecule has 1 aliphatic heterocycles. The first-order chi connectivity index (χ1) is 9.51. The summed E-state index contributed by atoms with van der Waals surface area (Å²) < 4.78 is 0. The van der Waals surface area contributed by atoms with Crippen molar-refractivity contribution < 1.29 is 0 Å². The molecule has 1 saturated heterocycles. The molecule has 0 spiro atoms. The summed E-state index contributed by atoms with van der Waals surface area (Å²) in [6.45, 7) is 8.67. The van der Waals surface area contributed by atoms with Crippen molar-refractivity contribution in [3.8, 4) is 0 Å². The second-order valence-electron chi connectivity index (χ2n) is 7.64. The van der Waals surface area contributed by atoms with Crippen LogP contribution in [0, 0.1) is 17.8 Å². The molecule has 3 heteroatoms. The van der Waals surface area contributed by atoms with Crippen LogP contribution in [0.25, 0.3) is 0 Å². The fourth-order valence-electron chi connectivity index (χ4n) is 4.22. The lowest BCUT2D eigenvalue weighted by molar-refractivity contribution is 0.132. The van der Waals surface area contributed by atoms with Gasteiger partial charge in [-0.3, -0.25) is 0 Å². The van der Waals surface area contributed by atoms with Crippen molar-refractivity contribution in [1.29, 1.82) is 0 Å². The SMILES string of the molecule is CNC1CCC(C(C)C)CC1CN1CCC(N(C)C)C1. The molecule has 1 N–H and O–H groups in total. The van der Waals surface area contributed by atoms with E-state index < -0.39 is 0 Å². The lowest BCUT2D eigenvalue weighted by Gasteiger charge is -2.39. The topological polar surface area (TPSA) is 18.5 Å². The minimum Gasteiger partial charge on any atom is -0.317 e. The normalized spacial score (nSPS) is 36.1. The van der Waals surface area contributed by atoms with Crippen molar-refractivity contribution >= 4 is 0 Å². The smallest absolute Gasteiger partial charge is 0.0229 e. The molecule has 0 radical (unpaired) electrons. The van der Waals surface area contributed by atoms with Crippen LogP contribution < -0.4 is 5.32 Å². The summed E-state index contributed by atoms with van der Waals surface area (Å²) in [5.74, 6) is 2.64. The first-order valence-corrected chi connectivity index (χ1v) is 8.57. The van der Waals surface area contributed by atoms with Crippen molar-refractivity contribution in [2.24, 2.45) is 17.8 Å². The fraction of sp³-hybridized carbons (Fsp3) is 1.00. The Morgan fingerprint density at radius 3 is 2.50 bits per heavy atom. The van der Waals surface area contributed by atoms with Crippen LogP contribution in [-0.2, 0) is 0 Å². The van der Waals surface area contributed by atoms with Crippen LogP contribution in [0.1, 0.15) is 39.5 Å². The standard InChI is InChI=1S/C17H35N3/c1-13(2)14-6-7-17(18-3)15(10-14)11-20-9-8-16(12-20)19(4)5/h13-18H,6-12H2,1-5H3. The van der Waals surface area contributed by atoms with Gasteiger partial charge in [0.1, 0.15) is 0 Å². The van der Waals surface area contributed by atoms with Crippen LogP contribution in [-0.4, -0.2) is 62.7 Å². The van der Waals surface area contributed by atoms with Gasteiger partial charge in [-0.25, -0.2) is 0 Å². The van der Waals surface area contributed by atoms with Crippen LogP contribution in [0.4, 0.5) is 0 Å². The molecule has 1 saturated carbocycles. The second-order valence-corrected chi connectivity index (χ2v) is 7.64. The van der Waals surface area contributed by atoms with Crippen molar-refractivity contribution in [3.05, 3.63) is 0 Å². The first-order valence-electron chi connectivity index (χ1n) is 8.57. The zero-order valence-electron chi connectivity index (χ0n) is 14.2. The largest absolute Gasteiger partial charge is 0.317 e. The molecule has 4 atom stereocenters. The number of hydrogen-bond donors (Lipinski definition) is 1. The van der Waals surface area contributed by atoms with Crippen molar-refractivity contribution in [2.75, 3.05) is 40.8 Å². The molecule has 2 rings (SSSR count). The number of rotatable bonds is 5. The van der Waals surface area contributed by atoms with Crippen LogP contribution in [0.5, 0.6) is 0 Å². The molecular weight excluding hydrogens is 246 g/mol. The van der Waals surface area contributed by atoms with E-state index in [2.05, 4.69) is 50.1 Å². The zero-order valence-corrected chi connectivity index (χ0v) is 14.2. The quantitative estimate of drug-likeness (QED) is 0.834. The number of likely N-dealkylation sites (N-methyl/N-ethyl adjacent to an activating group) is 1. The van der Waals surface area contributed by atoms with Crippen molar-refractivity contribution in [1.82, 2.24) is 15.1 Å². The van der Waals surface area contributed by atoms with Gasteiger partial charge in [-0.05, 0) is 71.1 Å². The number of nitrogens with one attached hydrogen (secondary N) is 1. The lowest BCUT2D eigenvalue weighted by Crippen LogP contribution is -2.45. The molecule has 2 aliphatic rings. The molecule has 2 fully saturated rings. The molecule has 20 heavy (non-hydrogen) atoms. The summed E-state index contributed by atoms with van der Waals surface area (Å²) in [7, 11) is 6.60. The van der Waals surface area contributed by atoms with E-state index in [1.807, 2.05) is 0 Å². The number of hydrogen-bond acceptors (Lipinski definition) is 3. The monoisotopic (exact) mass is 281 g/mol. The van der Waals surface area contributed by atoms with Gasteiger partial charge in [0.15, 0.2) is 0 Å². The van der Waals surface area contributed by atoms with E-state index in [0.717, 1.165) is 29.8 Å². The molecule has 1 aliphatic carbocycles. The van der Waals surface area contributed by atoms with Crippen molar-refractivity contribution in [3.63, 3.8) is 0 Å². The van der Waals surface area contributed by atoms with E-state index in [-0.39, 0.29) is 0 Å². The fourth-order valence-corrected chi connectivity index (χ4v) is 4.22. The number of nitrogens with zero attached hydrogens (tertiary/aromatic N) is 2. The van der Waals surface area contributed by atoms with Gasteiger partial charge in [-0.15, -0.1) is 0 Å². The Morgan fingerprint density at radius 1 is 1.20 bits per heavy atom. The van der Waals surface area contributed by atoms with E-state index in [4.69, 9.17) is 0 Å². The summed E-state index contributed by atoms with van der Waals surface area (Å²) >= 11 is 0. The summed E-state index contributed by atoms with van der Waals surface area (Å²) in [6.07, 6.45) is 5.55. The predicted molar refractivity (Wildman–Crippen MR) is 87.0 cm³/mol. The Balaban J connectivity index is 1.88. The van der Waals surface area contributed by atoms with Crippen LogP contribution >= 0.6 is 0 Å². The van der Waals surface area contributed by atoms with E-state index in [1.165, 1.54) is 45.3 Å². The Hall–Kier alpha value is -0.120. The maximum Gasteiger partial charge on any atom is 0.0229 e. The first kappa shape index (κ1) is 16.3. The van der Waals surface area contributed by atoms with E-state index in [9.17, 15) is 0 Å². The third-order valence-electron chi connectivity index (χ3n) is 5.81. The van der Waals surface area contributed by atoms with Gasteiger partial charge in [0.25, 0.3) is 0 Å². The molecular formula is C17H35N3. The molecule has 0 aromatic carbocycles. The van der Waals surface area contributed by atoms with Gasteiger partial charge in [0, 0.05) is 25.2 Å². The van der Waals surface area contributed by atoms with E-state index >= 15 is 0 Å². The van der Waals surface area contributed by atoms with Crippen LogP contribution in [0.2, 0.25) is 0 Å². The average Bonchev–Trinajstić information content (AvgIpc) is 2.87. The van der Waals surface area contributed by atoms with Gasteiger partial charge < -0.3 is 15.1 Å². The molecule has 0 amide bonds. The maximum atomic E-state index is 3.58. The molecule has 4 unspecified atom stereocenters. The molecule has 0 bridgehead atoms. The van der Waals surface area contributed by atoms with Gasteiger partial charge in [-0.2, -0.15) is 0 Å². The third kappa shape index (κ3) is 3.96. The van der Waals surface area contributed by atoms with Gasteiger partial charge in [0.2, 0.25) is 0 Å². The molecule has 0 aromatic heterocycles. The van der Waals surface area contributed by atoms with Crippen molar-refractivity contribution in [2.45, 2.75) is 51.6 Å². The maximum absolute atomic E-state index is 3.58. The second kappa shape index (κ2) is 7.24. The van der Waals surface area contributed by atoms with Crippen LogP contribution in [0.3, 0.4) is 0 Å². The van der Waals surface area contributed by atoms with Crippen LogP contribution in [0.15, 0.2) is 0 Å². The number of likely N-dealkylation sites (tertiary alicyclic amines) is 1. The molecule has 1 heterocycles. The predicted octanol–water partition coefficient (Wildman–Crippen LogP) is 2.28. The van der Waals surface area contributed by atoms with Gasteiger partial charge in [-0.1, -0.05) is 13.8 Å². The highest BCUT2D eigenvalue weighted by Crippen LogP contribution is 2.34. The Bertz CT molecular complexity index is 290. The highest BCUT2D eigenvalue weighted by atomic mass is 15.2. The third-order valence-corrected chi connectivity index (χ3v) is 5.81. The summed E-state index contributed by atoms with van der Waals surface area (Å²) in [5, 5.41) is 3.58. The summed E-state index contributed by atoms with van der Waals surface area (Å²) in [4.78, 5) is 5.11. The van der Waals surface area contributed by atoms with Gasteiger partial charge in [0.05, 0.1) is 0 Å². The minimum atomic E-state index is 0.739. The summed E-state index contributed by atoms with van der Waals surface area (Å²) in [5.41, 5.74) is 0.